The molecule has 2 aliphatic carbocycles. The molecule has 2 aliphatic rings. The van der Waals surface area contributed by atoms with Gasteiger partial charge in [0.25, 0.3) is 0 Å². The van der Waals surface area contributed by atoms with E-state index in [1.807, 2.05) is 0 Å². The first-order chi connectivity index (χ1) is 21.6. The lowest BCUT2D eigenvalue weighted by molar-refractivity contribution is 0.484. The number of hydrogen-bond acceptors (Lipinski definition) is 0. The molecule has 0 aliphatic heterocycles. The molecule has 4 aromatic rings. The minimum Gasteiger partial charge on any atom is -0.0964 e. The first-order valence-electron chi connectivity index (χ1n) is 18.1. The minimum absolute atomic E-state index is 0.0266. The van der Waals surface area contributed by atoms with Crippen molar-refractivity contribution in [2.24, 2.45) is 0 Å². The average Bonchev–Trinajstić information content (AvgIpc) is 3.09. The highest BCUT2D eigenvalue weighted by Gasteiger charge is 2.32. The largest absolute Gasteiger partial charge is 0.0964 e. The van der Waals surface area contributed by atoms with Crippen molar-refractivity contribution in [2.45, 2.75) is 140 Å². The predicted octanol–water partition coefficient (Wildman–Crippen LogP) is 13.9. The van der Waals surface area contributed by atoms with E-state index < -0.39 is 0 Å². The molecular weight excluding hydrogens is 566 g/mol. The molecule has 0 heterocycles. The van der Waals surface area contributed by atoms with Crippen LogP contribution in [0.3, 0.4) is 0 Å². The summed E-state index contributed by atoms with van der Waals surface area (Å²) in [6.07, 6.45) is 19.8. The molecule has 2 atom stereocenters. The molecule has 4 aromatic carbocycles. The Balaban J connectivity index is 1.54. The highest BCUT2D eigenvalue weighted by Crippen LogP contribution is 2.59. The van der Waals surface area contributed by atoms with Crippen molar-refractivity contribution < 1.29 is 0 Å². The van der Waals surface area contributed by atoms with Crippen molar-refractivity contribution in [3.8, 4) is 11.1 Å². The van der Waals surface area contributed by atoms with Crippen LogP contribution >= 0.6 is 15.8 Å². The molecule has 0 saturated heterocycles. The molecule has 0 aromatic heterocycles. The van der Waals surface area contributed by atoms with Gasteiger partial charge in [0.1, 0.15) is 0 Å². The normalized spacial score (nSPS) is 19.0. The van der Waals surface area contributed by atoms with Gasteiger partial charge in [-0.05, 0) is 117 Å². The summed E-state index contributed by atoms with van der Waals surface area (Å²) in [6, 6.07) is 28.6. The summed E-state index contributed by atoms with van der Waals surface area (Å²) in [5, 5.41) is 5.73. The maximum atomic E-state index is 2.58. The second-order valence-corrected chi connectivity index (χ2v) is 20.0. The molecule has 2 saturated carbocycles. The van der Waals surface area contributed by atoms with E-state index in [4.69, 9.17) is 0 Å². The van der Waals surface area contributed by atoms with Gasteiger partial charge in [0.15, 0.2) is 0 Å². The van der Waals surface area contributed by atoms with Crippen LogP contribution in [0.15, 0.2) is 72.8 Å². The van der Waals surface area contributed by atoms with Gasteiger partial charge in [0.05, 0.1) is 0 Å². The minimum atomic E-state index is -0.108. The Morgan fingerprint density at radius 2 is 0.977 bits per heavy atom. The summed E-state index contributed by atoms with van der Waals surface area (Å²) < 4.78 is 0. The topological polar surface area (TPSA) is 0 Å². The maximum Gasteiger partial charge on any atom is -0.00606 e. The lowest BCUT2D eigenvalue weighted by Gasteiger charge is -2.39. The smallest absolute Gasteiger partial charge is 0.00606 e. The fourth-order valence-electron chi connectivity index (χ4n) is 8.48. The van der Waals surface area contributed by atoms with Gasteiger partial charge in [-0.15, -0.1) is 0 Å². The van der Waals surface area contributed by atoms with E-state index in [-0.39, 0.29) is 15.8 Å². The van der Waals surface area contributed by atoms with Crippen molar-refractivity contribution in [2.75, 3.05) is 0 Å². The van der Waals surface area contributed by atoms with Gasteiger partial charge in [-0.3, -0.25) is 0 Å². The van der Waals surface area contributed by atoms with Gasteiger partial charge in [-0.1, -0.05) is 155 Å². The first kappa shape index (κ1) is 32.2. The van der Waals surface area contributed by atoms with E-state index in [1.54, 1.807) is 22.3 Å². The van der Waals surface area contributed by atoms with Crippen LogP contribution in [0.5, 0.6) is 0 Å². The van der Waals surface area contributed by atoms with Crippen molar-refractivity contribution in [3.63, 3.8) is 0 Å². The lowest BCUT2D eigenvalue weighted by Crippen LogP contribution is -2.21. The van der Waals surface area contributed by atoms with E-state index in [0.29, 0.717) is 0 Å². The zero-order valence-electron chi connectivity index (χ0n) is 28.0. The van der Waals surface area contributed by atoms with Crippen LogP contribution < -0.4 is 0 Å². The number of rotatable bonds is 11. The highest BCUT2D eigenvalue weighted by molar-refractivity contribution is 7.58. The zero-order chi connectivity index (χ0) is 30.5. The van der Waals surface area contributed by atoms with E-state index in [9.17, 15) is 0 Å². The highest BCUT2D eigenvalue weighted by atomic mass is 31.1. The third-order valence-corrected chi connectivity index (χ3v) is 18.7. The molecule has 0 bridgehead atoms. The zero-order valence-corrected chi connectivity index (χ0v) is 29.8. The maximum absolute atomic E-state index is 2.58. The Morgan fingerprint density at radius 1 is 0.545 bits per heavy atom. The summed E-state index contributed by atoms with van der Waals surface area (Å²) in [5.41, 5.74) is 9.92. The van der Waals surface area contributed by atoms with Crippen molar-refractivity contribution in [1.82, 2.24) is 0 Å². The van der Waals surface area contributed by atoms with E-state index >= 15 is 0 Å². The van der Waals surface area contributed by atoms with Crippen molar-refractivity contribution in [3.05, 3.63) is 83.9 Å². The van der Waals surface area contributed by atoms with Crippen LogP contribution in [0.25, 0.3) is 32.7 Å². The van der Waals surface area contributed by atoms with Crippen LogP contribution in [0.2, 0.25) is 0 Å². The molecule has 234 valence electrons. The first-order valence-corrected chi connectivity index (χ1v) is 21.4. The molecule has 2 unspecified atom stereocenters. The van der Waals surface area contributed by atoms with Crippen LogP contribution in [-0.2, 0) is 12.3 Å². The van der Waals surface area contributed by atoms with Crippen molar-refractivity contribution >= 4 is 37.4 Å². The lowest BCUT2D eigenvalue weighted by atomic mass is 9.88. The van der Waals surface area contributed by atoms with Gasteiger partial charge in [-0.2, -0.15) is 0 Å². The Bertz CT molecular complexity index is 1480. The van der Waals surface area contributed by atoms with E-state index in [0.717, 1.165) is 22.6 Å². The average molecular weight is 623 g/mol. The van der Waals surface area contributed by atoms with Gasteiger partial charge in [0.2, 0.25) is 0 Å². The third kappa shape index (κ3) is 6.98. The quantitative estimate of drug-likeness (QED) is 0.146. The van der Waals surface area contributed by atoms with Gasteiger partial charge in [-0.25, -0.2) is 0 Å². The Labute approximate surface area is 271 Å². The van der Waals surface area contributed by atoms with Crippen LogP contribution in [0.1, 0.15) is 116 Å². The molecule has 0 spiro atoms. The second-order valence-electron chi connectivity index (χ2n) is 14.1. The Kier molecular flexibility index (Phi) is 11.2. The molecule has 44 heavy (non-hydrogen) atoms. The fourth-order valence-corrected chi connectivity index (χ4v) is 15.4. The molecule has 0 radical (unpaired) electrons. The summed E-state index contributed by atoms with van der Waals surface area (Å²) >= 11 is 0. The predicted molar refractivity (Wildman–Crippen MR) is 201 cm³/mol. The Morgan fingerprint density at radius 3 is 1.43 bits per heavy atom. The summed E-state index contributed by atoms with van der Waals surface area (Å²) in [5.74, 6) is 0. The molecule has 0 amide bonds. The van der Waals surface area contributed by atoms with Gasteiger partial charge in [0, 0.05) is 0 Å². The summed E-state index contributed by atoms with van der Waals surface area (Å²) in [7, 11) is -0.134. The van der Waals surface area contributed by atoms with Crippen LogP contribution in [-0.4, -0.2) is 22.6 Å². The molecule has 6 rings (SSSR count). The summed E-state index contributed by atoms with van der Waals surface area (Å²) in [6.45, 7) is 9.88. The van der Waals surface area contributed by atoms with E-state index in [1.165, 1.54) is 111 Å². The Hall–Kier alpha value is -1.74. The fraction of sp³-hybridized carbons (Fsp3) is 0.524. The van der Waals surface area contributed by atoms with E-state index in [2.05, 4.69) is 100 Å². The number of benzene rings is 4. The standard InChI is InChI=1S/C42H56P2/c1-5-31(3)43(32(4)6-2)29-35-27-25-33-17-13-15-23-39(33)41(35)42-36(28-26-34-18-14-16-24-40(34)42)30-44(37-19-9-7-10-20-37)38-21-11-8-12-22-38/h13-18,23-28,31-32,37-38H,5-12,19-22,29-30H2,1-4H3. The monoisotopic (exact) mass is 622 g/mol. The molecule has 0 nitrogen and oxygen atoms in total. The van der Waals surface area contributed by atoms with Crippen LogP contribution in [0, 0.1) is 0 Å². The third-order valence-electron chi connectivity index (χ3n) is 11.4. The summed E-state index contributed by atoms with van der Waals surface area (Å²) in [4.78, 5) is 0. The van der Waals surface area contributed by atoms with Crippen LogP contribution in [0.4, 0.5) is 0 Å². The SMILES string of the molecule is CCC(C)P(Cc1ccc2ccccc2c1-c1c(CP(C2CCCCC2)C2CCCCC2)ccc2ccccc12)C(C)CC. The molecule has 2 heteroatoms. The molecular formula is C42H56P2. The number of fused-ring (bicyclic) bond motifs is 2. The van der Waals surface area contributed by atoms with Gasteiger partial charge < -0.3 is 0 Å². The van der Waals surface area contributed by atoms with Crippen molar-refractivity contribution in [1.29, 1.82) is 0 Å². The molecule has 0 N–H and O–H groups in total. The molecule has 2 fully saturated rings. The van der Waals surface area contributed by atoms with Gasteiger partial charge >= 0.3 is 0 Å². The second kappa shape index (κ2) is 15.2. The number of hydrogen-bond donors (Lipinski definition) is 0.